The third-order valence-corrected chi connectivity index (χ3v) is 2.89. The van der Waals surface area contributed by atoms with Crippen molar-refractivity contribution >= 4 is 11.8 Å². The van der Waals surface area contributed by atoms with Gasteiger partial charge in [-0.05, 0) is 36.6 Å². The van der Waals surface area contributed by atoms with Gasteiger partial charge in [-0.2, -0.15) is 5.10 Å². The third-order valence-electron chi connectivity index (χ3n) is 2.27. The first-order chi connectivity index (χ1) is 7.74. The summed E-state index contributed by atoms with van der Waals surface area (Å²) in [5.41, 5.74) is 7.52. The van der Waals surface area contributed by atoms with Gasteiger partial charge in [0.25, 0.3) is 0 Å². The molecule has 0 saturated carbocycles. The van der Waals surface area contributed by atoms with Crippen LogP contribution in [0, 0.1) is 0 Å². The molecule has 5 heteroatoms. The topological polar surface area (TPSA) is 64.1 Å². The lowest BCUT2D eigenvalue weighted by molar-refractivity contribution is 0.475. The van der Waals surface area contributed by atoms with Crippen LogP contribution in [0.1, 0.15) is 5.69 Å². The molecule has 0 aliphatic rings. The summed E-state index contributed by atoms with van der Waals surface area (Å²) >= 11 is 1.58. The zero-order valence-corrected chi connectivity index (χ0v) is 9.74. The second-order valence-electron chi connectivity index (χ2n) is 3.31. The van der Waals surface area contributed by atoms with Gasteiger partial charge in [0.1, 0.15) is 10.8 Å². The maximum absolute atomic E-state index is 9.22. The minimum Gasteiger partial charge on any atom is -0.508 e. The molecule has 1 aromatic carbocycles. The van der Waals surface area contributed by atoms with Crippen molar-refractivity contribution in [3.63, 3.8) is 0 Å². The summed E-state index contributed by atoms with van der Waals surface area (Å²) < 4.78 is 1.80. The Balaban J connectivity index is 2.45. The number of nitrogens with zero attached hydrogens (tertiary/aromatic N) is 2. The Kier molecular flexibility index (Phi) is 3.17. The molecule has 0 amide bonds. The van der Waals surface area contributed by atoms with Gasteiger partial charge in [-0.15, -0.1) is 11.8 Å². The number of thioether (sulfide) groups is 1. The van der Waals surface area contributed by atoms with E-state index in [0.717, 1.165) is 16.4 Å². The normalized spacial score (nSPS) is 10.6. The molecule has 0 radical (unpaired) electrons. The Morgan fingerprint density at radius 3 is 2.62 bits per heavy atom. The molecule has 2 aromatic rings. The van der Waals surface area contributed by atoms with Gasteiger partial charge >= 0.3 is 0 Å². The Hall–Kier alpha value is -1.46. The van der Waals surface area contributed by atoms with Crippen LogP contribution >= 0.6 is 11.8 Å². The molecule has 1 heterocycles. The van der Waals surface area contributed by atoms with E-state index in [2.05, 4.69) is 5.10 Å². The van der Waals surface area contributed by atoms with Crippen LogP contribution in [0.4, 0.5) is 0 Å². The van der Waals surface area contributed by atoms with Crippen LogP contribution in [-0.4, -0.2) is 21.1 Å². The largest absolute Gasteiger partial charge is 0.508 e. The Labute approximate surface area is 98.1 Å². The quantitative estimate of drug-likeness (QED) is 0.796. The van der Waals surface area contributed by atoms with E-state index in [4.69, 9.17) is 5.73 Å². The molecular formula is C11H13N3OS. The lowest BCUT2D eigenvalue weighted by atomic mass is 10.3. The van der Waals surface area contributed by atoms with Gasteiger partial charge in [0.15, 0.2) is 0 Å². The summed E-state index contributed by atoms with van der Waals surface area (Å²) in [5.74, 6) is 0.246. The van der Waals surface area contributed by atoms with Gasteiger partial charge in [0.2, 0.25) is 0 Å². The smallest absolute Gasteiger partial charge is 0.119 e. The molecule has 0 bridgehead atoms. The highest BCUT2D eigenvalue weighted by Gasteiger charge is 2.07. The number of aromatic nitrogens is 2. The number of phenolic OH excluding ortho intramolecular Hbond substituents is 1. The molecule has 0 fully saturated rings. The van der Waals surface area contributed by atoms with Crippen molar-refractivity contribution in [2.24, 2.45) is 5.73 Å². The first kappa shape index (κ1) is 11.0. The third kappa shape index (κ3) is 2.05. The summed E-state index contributed by atoms with van der Waals surface area (Å²) in [7, 11) is 0. The van der Waals surface area contributed by atoms with Gasteiger partial charge in [-0.1, -0.05) is 0 Å². The fraction of sp³-hybridized carbons (Fsp3) is 0.182. The minimum atomic E-state index is 0.246. The zero-order valence-electron chi connectivity index (χ0n) is 8.92. The summed E-state index contributed by atoms with van der Waals surface area (Å²) in [5, 5.41) is 14.6. The minimum absolute atomic E-state index is 0.246. The zero-order chi connectivity index (χ0) is 11.5. The molecular weight excluding hydrogens is 222 g/mol. The van der Waals surface area contributed by atoms with E-state index < -0.39 is 0 Å². The molecule has 3 N–H and O–H groups in total. The van der Waals surface area contributed by atoms with Crippen LogP contribution in [0.2, 0.25) is 0 Å². The van der Waals surface area contributed by atoms with Crippen LogP contribution in [0.25, 0.3) is 5.69 Å². The van der Waals surface area contributed by atoms with Crippen LogP contribution in [-0.2, 0) is 6.54 Å². The number of nitrogens with two attached hydrogens (primary N) is 1. The van der Waals surface area contributed by atoms with Gasteiger partial charge in [-0.25, -0.2) is 4.68 Å². The second kappa shape index (κ2) is 4.59. The molecule has 84 valence electrons. The van der Waals surface area contributed by atoms with Gasteiger partial charge in [0, 0.05) is 6.54 Å². The predicted molar refractivity (Wildman–Crippen MR) is 64.9 cm³/mol. The molecule has 1 aromatic heterocycles. The van der Waals surface area contributed by atoms with Crippen molar-refractivity contribution in [2.75, 3.05) is 6.26 Å². The Bertz CT molecular complexity index is 478. The Morgan fingerprint density at radius 1 is 1.38 bits per heavy atom. The van der Waals surface area contributed by atoms with E-state index >= 15 is 0 Å². The standard InChI is InChI=1S/C11H13N3OS/c1-16-11-6-9(7-12)14(13-11)8-2-4-10(15)5-3-8/h2-6,15H,7,12H2,1H3. The molecule has 0 unspecified atom stereocenters. The number of rotatable bonds is 3. The number of hydrogen-bond acceptors (Lipinski definition) is 4. The van der Waals surface area contributed by atoms with Crippen LogP contribution in [0.15, 0.2) is 35.4 Å². The van der Waals surface area contributed by atoms with E-state index in [9.17, 15) is 5.11 Å². The van der Waals surface area contributed by atoms with E-state index in [-0.39, 0.29) is 5.75 Å². The fourth-order valence-corrected chi connectivity index (χ4v) is 1.88. The molecule has 16 heavy (non-hydrogen) atoms. The van der Waals surface area contributed by atoms with Crippen molar-refractivity contribution in [3.05, 3.63) is 36.0 Å². The first-order valence-corrected chi connectivity index (χ1v) is 6.09. The molecule has 0 aliphatic carbocycles. The van der Waals surface area contributed by atoms with Crippen molar-refractivity contribution in [3.8, 4) is 11.4 Å². The van der Waals surface area contributed by atoms with Crippen LogP contribution in [0.3, 0.4) is 0 Å². The highest BCUT2D eigenvalue weighted by atomic mass is 32.2. The molecule has 2 rings (SSSR count). The highest BCUT2D eigenvalue weighted by molar-refractivity contribution is 7.98. The maximum atomic E-state index is 9.22. The Morgan fingerprint density at radius 2 is 2.06 bits per heavy atom. The summed E-state index contributed by atoms with van der Waals surface area (Å²) in [6.45, 7) is 0.439. The lowest BCUT2D eigenvalue weighted by Crippen LogP contribution is -2.06. The average molecular weight is 235 g/mol. The molecule has 0 saturated heterocycles. The highest BCUT2D eigenvalue weighted by Crippen LogP contribution is 2.19. The number of benzene rings is 1. The first-order valence-electron chi connectivity index (χ1n) is 4.87. The van der Waals surface area contributed by atoms with Gasteiger partial charge in [0.05, 0.1) is 11.4 Å². The predicted octanol–water partition coefficient (Wildman–Crippen LogP) is 1.76. The second-order valence-corrected chi connectivity index (χ2v) is 4.14. The van der Waals surface area contributed by atoms with E-state index in [0.29, 0.717) is 6.54 Å². The average Bonchev–Trinajstić information content (AvgIpc) is 2.73. The van der Waals surface area contributed by atoms with Crippen molar-refractivity contribution in [2.45, 2.75) is 11.6 Å². The van der Waals surface area contributed by atoms with Gasteiger partial charge in [-0.3, -0.25) is 0 Å². The molecule has 0 aliphatic heterocycles. The monoisotopic (exact) mass is 235 g/mol. The SMILES string of the molecule is CSc1cc(CN)n(-c2ccc(O)cc2)n1. The number of aromatic hydroxyl groups is 1. The number of phenols is 1. The summed E-state index contributed by atoms with van der Waals surface area (Å²) in [6.07, 6.45) is 1.98. The molecule has 0 atom stereocenters. The maximum Gasteiger partial charge on any atom is 0.119 e. The lowest BCUT2D eigenvalue weighted by Gasteiger charge is -2.05. The van der Waals surface area contributed by atoms with Crippen molar-refractivity contribution in [1.82, 2.24) is 9.78 Å². The molecule has 0 spiro atoms. The van der Waals surface area contributed by atoms with Crippen molar-refractivity contribution < 1.29 is 5.11 Å². The fourth-order valence-electron chi connectivity index (χ4n) is 1.46. The molecule has 4 nitrogen and oxygen atoms in total. The summed E-state index contributed by atoms with van der Waals surface area (Å²) in [6, 6.07) is 8.86. The van der Waals surface area contributed by atoms with Crippen LogP contribution < -0.4 is 5.73 Å². The van der Waals surface area contributed by atoms with E-state index in [1.165, 1.54) is 0 Å². The van der Waals surface area contributed by atoms with Crippen molar-refractivity contribution in [1.29, 1.82) is 0 Å². The summed E-state index contributed by atoms with van der Waals surface area (Å²) in [4.78, 5) is 0. The van der Waals surface area contributed by atoms with E-state index in [1.54, 1.807) is 28.6 Å². The number of hydrogen-bond donors (Lipinski definition) is 2. The van der Waals surface area contributed by atoms with Gasteiger partial charge < -0.3 is 10.8 Å². The van der Waals surface area contributed by atoms with Crippen LogP contribution in [0.5, 0.6) is 5.75 Å². The van der Waals surface area contributed by atoms with E-state index in [1.807, 2.05) is 24.5 Å².